The number of hydrogen-bond acceptors (Lipinski definition) is 2. The molecule has 0 spiro atoms. The molecule has 6 heteroatoms. The molecule has 98 valence electrons. The van der Waals surface area contributed by atoms with E-state index in [1.807, 2.05) is 0 Å². The highest BCUT2D eigenvalue weighted by Crippen LogP contribution is 2.19. The number of carboxylic acid groups (broad SMARTS) is 1. The Labute approximate surface area is 109 Å². The van der Waals surface area contributed by atoms with Crippen molar-refractivity contribution < 1.29 is 19.1 Å². The summed E-state index contributed by atoms with van der Waals surface area (Å²) < 4.78 is 13.4. The molecule has 0 aliphatic rings. The number of amides is 1. The predicted octanol–water partition coefficient (Wildman–Crippen LogP) is 2.00. The quantitative estimate of drug-likeness (QED) is 0.779. The maximum absolute atomic E-state index is 13.4. The highest BCUT2D eigenvalue weighted by atomic mass is 35.5. The van der Waals surface area contributed by atoms with Gasteiger partial charge in [0.25, 0.3) is 0 Å². The van der Waals surface area contributed by atoms with Gasteiger partial charge in [0.05, 0.1) is 6.42 Å². The molecule has 0 saturated carbocycles. The van der Waals surface area contributed by atoms with E-state index in [4.69, 9.17) is 16.7 Å². The van der Waals surface area contributed by atoms with Crippen LogP contribution in [0.2, 0.25) is 5.02 Å². The summed E-state index contributed by atoms with van der Waals surface area (Å²) in [5.41, 5.74) is 0.148. The van der Waals surface area contributed by atoms with Crippen molar-refractivity contribution in [3.8, 4) is 0 Å². The molecule has 1 rings (SSSR count). The molecule has 0 bridgehead atoms. The van der Waals surface area contributed by atoms with E-state index in [2.05, 4.69) is 5.32 Å². The van der Waals surface area contributed by atoms with Gasteiger partial charge < -0.3 is 10.4 Å². The van der Waals surface area contributed by atoms with Crippen molar-refractivity contribution in [3.05, 3.63) is 34.6 Å². The minimum Gasteiger partial charge on any atom is -0.481 e. The van der Waals surface area contributed by atoms with Gasteiger partial charge in [-0.15, -0.1) is 0 Å². The highest BCUT2D eigenvalue weighted by Gasteiger charge is 2.11. The number of benzene rings is 1. The molecule has 0 radical (unpaired) electrons. The lowest BCUT2D eigenvalue weighted by atomic mass is 10.1. The summed E-state index contributed by atoms with van der Waals surface area (Å²) >= 11 is 5.78. The largest absolute Gasteiger partial charge is 0.481 e. The number of nitrogens with one attached hydrogen (secondary N) is 1. The first kappa shape index (κ1) is 14.4. The van der Waals surface area contributed by atoms with Crippen LogP contribution < -0.4 is 5.32 Å². The zero-order valence-electron chi connectivity index (χ0n) is 9.58. The van der Waals surface area contributed by atoms with Gasteiger partial charge in [-0.05, 0) is 18.6 Å². The number of carbonyl (C=O) groups is 2. The van der Waals surface area contributed by atoms with Crippen molar-refractivity contribution in [1.82, 2.24) is 5.32 Å². The van der Waals surface area contributed by atoms with Gasteiger partial charge in [-0.3, -0.25) is 9.59 Å². The number of aliphatic carboxylic acids is 1. The molecule has 4 nitrogen and oxygen atoms in total. The molecule has 1 aromatic rings. The van der Waals surface area contributed by atoms with Crippen LogP contribution >= 0.6 is 11.6 Å². The van der Waals surface area contributed by atoms with E-state index < -0.39 is 11.8 Å². The highest BCUT2D eigenvalue weighted by molar-refractivity contribution is 6.31. The summed E-state index contributed by atoms with van der Waals surface area (Å²) in [6.45, 7) is 0.247. The normalized spacial score (nSPS) is 10.1. The van der Waals surface area contributed by atoms with Crippen LogP contribution in [0, 0.1) is 5.82 Å². The van der Waals surface area contributed by atoms with Crippen LogP contribution in [0.15, 0.2) is 18.2 Å². The SMILES string of the molecule is O=C(O)CCCNC(=O)Cc1c(F)cccc1Cl. The molecular weight excluding hydrogens is 261 g/mol. The number of carboxylic acids is 1. The van der Waals surface area contributed by atoms with Gasteiger partial charge in [-0.25, -0.2) is 4.39 Å². The van der Waals surface area contributed by atoms with E-state index >= 15 is 0 Å². The van der Waals surface area contributed by atoms with Crippen molar-refractivity contribution in [1.29, 1.82) is 0 Å². The van der Waals surface area contributed by atoms with E-state index in [0.717, 1.165) is 0 Å². The second-order valence-corrected chi connectivity index (χ2v) is 4.13. The summed E-state index contributed by atoms with van der Waals surface area (Å²) in [5, 5.41) is 11.1. The van der Waals surface area contributed by atoms with Crippen LogP contribution in [0.3, 0.4) is 0 Å². The molecule has 2 N–H and O–H groups in total. The minimum absolute atomic E-state index is 0.0132. The first-order valence-electron chi connectivity index (χ1n) is 5.42. The third-order valence-electron chi connectivity index (χ3n) is 2.29. The fraction of sp³-hybridized carbons (Fsp3) is 0.333. The first-order valence-corrected chi connectivity index (χ1v) is 5.80. The molecule has 1 aromatic carbocycles. The standard InChI is InChI=1S/C12H13ClFNO3/c13-9-3-1-4-10(14)8(9)7-11(16)15-6-2-5-12(17)18/h1,3-4H,2,5-7H2,(H,15,16)(H,17,18). The lowest BCUT2D eigenvalue weighted by molar-refractivity contribution is -0.137. The van der Waals surface area contributed by atoms with E-state index in [1.54, 1.807) is 0 Å². The van der Waals surface area contributed by atoms with Crippen LogP contribution in [0.5, 0.6) is 0 Å². The topological polar surface area (TPSA) is 66.4 Å². The van der Waals surface area contributed by atoms with Gasteiger partial charge in [-0.2, -0.15) is 0 Å². The summed E-state index contributed by atoms with van der Waals surface area (Å²) in [4.78, 5) is 21.7. The van der Waals surface area contributed by atoms with E-state index in [0.29, 0.717) is 6.42 Å². The van der Waals surface area contributed by atoms with Crippen molar-refractivity contribution in [2.45, 2.75) is 19.3 Å². The van der Waals surface area contributed by atoms with Gasteiger partial charge in [0, 0.05) is 23.6 Å². The third-order valence-corrected chi connectivity index (χ3v) is 2.64. The van der Waals surface area contributed by atoms with E-state index in [9.17, 15) is 14.0 Å². The fourth-order valence-corrected chi connectivity index (χ4v) is 1.62. The average Bonchev–Trinajstić information content (AvgIpc) is 2.29. The summed E-state index contributed by atoms with van der Waals surface area (Å²) in [6, 6.07) is 4.21. The summed E-state index contributed by atoms with van der Waals surface area (Å²) in [7, 11) is 0. The molecule has 0 aromatic heterocycles. The van der Waals surface area contributed by atoms with Crippen LogP contribution in [-0.4, -0.2) is 23.5 Å². The fourth-order valence-electron chi connectivity index (χ4n) is 1.39. The van der Waals surface area contributed by atoms with Gasteiger partial charge in [-0.1, -0.05) is 17.7 Å². The monoisotopic (exact) mass is 273 g/mol. The Hall–Kier alpha value is -1.62. The van der Waals surface area contributed by atoms with Gasteiger partial charge in [0.1, 0.15) is 5.82 Å². The Morgan fingerprint density at radius 2 is 2.11 bits per heavy atom. The zero-order valence-corrected chi connectivity index (χ0v) is 10.3. The molecular formula is C12H13ClFNO3. The smallest absolute Gasteiger partial charge is 0.303 e. The molecule has 0 aliphatic heterocycles. The lowest BCUT2D eigenvalue weighted by Gasteiger charge is -2.06. The first-order chi connectivity index (χ1) is 8.50. The van der Waals surface area contributed by atoms with Gasteiger partial charge in [0.15, 0.2) is 0 Å². The molecule has 18 heavy (non-hydrogen) atoms. The Bertz CT molecular complexity index is 431. The Balaban J connectivity index is 2.43. The molecule has 0 heterocycles. The van der Waals surface area contributed by atoms with Crippen LogP contribution in [0.4, 0.5) is 4.39 Å². The van der Waals surface area contributed by atoms with E-state index in [1.165, 1.54) is 18.2 Å². The van der Waals surface area contributed by atoms with Crippen LogP contribution in [0.1, 0.15) is 18.4 Å². The lowest BCUT2D eigenvalue weighted by Crippen LogP contribution is -2.26. The number of rotatable bonds is 6. The van der Waals surface area contributed by atoms with Crippen molar-refractivity contribution in [3.63, 3.8) is 0 Å². The number of hydrogen-bond donors (Lipinski definition) is 2. The van der Waals surface area contributed by atoms with Crippen molar-refractivity contribution >= 4 is 23.5 Å². The Morgan fingerprint density at radius 1 is 1.39 bits per heavy atom. The molecule has 0 fully saturated rings. The summed E-state index contributed by atoms with van der Waals surface area (Å²) in [5.74, 6) is -1.82. The predicted molar refractivity (Wildman–Crippen MR) is 65.0 cm³/mol. The Kier molecular flexibility index (Phi) is 5.58. The average molecular weight is 274 g/mol. The molecule has 1 amide bonds. The molecule has 0 atom stereocenters. The van der Waals surface area contributed by atoms with Crippen molar-refractivity contribution in [2.75, 3.05) is 6.54 Å². The van der Waals surface area contributed by atoms with Gasteiger partial charge in [0.2, 0.25) is 5.91 Å². The van der Waals surface area contributed by atoms with Crippen molar-refractivity contribution in [2.24, 2.45) is 0 Å². The van der Waals surface area contributed by atoms with Crippen LogP contribution in [0.25, 0.3) is 0 Å². The molecule has 0 saturated heterocycles. The maximum atomic E-state index is 13.4. The Morgan fingerprint density at radius 3 is 2.72 bits per heavy atom. The van der Waals surface area contributed by atoms with E-state index in [-0.39, 0.29) is 35.9 Å². The molecule has 0 unspecified atom stereocenters. The second-order valence-electron chi connectivity index (χ2n) is 3.72. The third kappa shape index (κ3) is 4.71. The zero-order chi connectivity index (χ0) is 13.5. The molecule has 0 aliphatic carbocycles. The number of carbonyl (C=O) groups excluding carboxylic acids is 1. The van der Waals surface area contributed by atoms with Crippen LogP contribution in [-0.2, 0) is 16.0 Å². The summed E-state index contributed by atoms with van der Waals surface area (Å²) in [6.07, 6.45) is 0.172. The minimum atomic E-state index is -0.915. The van der Waals surface area contributed by atoms with Gasteiger partial charge >= 0.3 is 5.97 Å². The maximum Gasteiger partial charge on any atom is 0.303 e. The number of halogens is 2. The second kappa shape index (κ2) is 6.96.